The number of anilines is 1. The molecule has 5 nitrogen and oxygen atoms in total. The number of ether oxygens (including phenoxy) is 2. The second-order valence-electron chi connectivity index (χ2n) is 6.88. The molecule has 0 N–H and O–H groups in total. The van der Waals surface area contributed by atoms with Crippen molar-refractivity contribution in [1.82, 2.24) is 4.90 Å². The third-order valence-electron chi connectivity index (χ3n) is 5.12. The highest BCUT2D eigenvalue weighted by molar-refractivity contribution is 5.77. The summed E-state index contributed by atoms with van der Waals surface area (Å²) in [6.45, 7) is 2.91. The zero-order valence-corrected chi connectivity index (χ0v) is 14.7. The number of piperidine rings is 1. The van der Waals surface area contributed by atoms with Gasteiger partial charge in [-0.2, -0.15) is 0 Å². The minimum atomic E-state index is 0.110. The molecule has 1 aliphatic carbocycles. The quantitative estimate of drug-likeness (QED) is 0.769. The van der Waals surface area contributed by atoms with Crippen molar-refractivity contribution < 1.29 is 14.3 Å². The summed E-state index contributed by atoms with van der Waals surface area (Å²) in [7, 11) is 3.60. The molecular formula is C19H28N2O3. The van der Waals surface area contributed by atoms with E-state index in [9.17, 15) is 4.79 Å². The van der Waals surface area contributed by atoms with E-state index in [4.69, 9.17) is 9.47 Å². The third-order valence-corrected chi connectivity index (χ3v) is 5.12. The highest BCUT2D eigenvalue weighted by Crippen LogP contribution is 2.29. The van der Waals surface area contributed by atoms with Crippen molar-refractivity contribution in [3.05, 3.63) is 24.3 Å². The molecule has 2 fully saturated rings. The summed E-state index contributed by atoms with van der Waals surface area (Å²) in [5.74, 6) is 1.69. The molecule has 2 aliphatic rings. The summed E-state index contributed by atoms with van der Waals surface area (Å²) < 4.78 is 10.7. The van der Waals surface area contributed by atoms with Gasteiger partial charge in [0.1, 0.15) is 12.4 Å². The first-order valence-electron chi connectivity index (χ1n) is 8.90. The van der Waals surface area contributed by atoms with Gasteiger partial charge in [0.2, 0.25) is 5.91 Å². The lowest BCUT2D eigenvalue weighted by atomic mass is 10.0. The summed E-state index contributed by atoms with van der Waals surface area (Å²) in [6, 6.07) is 8.50. The van der Waals surface area contributed by atoms with Crippen LogP contribution in [-0.2, 0) is 9.53 Å². The van der Waals surface area contributed by atoms with E-state index in [1.165, 1.54) is 18.5 Å². The number of rotatable bonds is 7. The molecule has 1 aromatic carbocycles. The largest absolute Gasteiger partial charge is 0.497 e. The molecule has 24 heavy (non-hydrogen) atoms. The molecule has 5 heteroatoms. The molecule has 0 radical (unpaired) electrons. The van der Waals surface area contributed by atoms with Crippen molar-refractivity contribution in [2.45, 2.75) is 31.7 Å². The Morgan fingerprint density at radius 2 is 1.83 bits per heavy atom. The van der Waals surface area contributed by atoms with Crippen LogP contribution in [0.5, 0.6) is 5.75 Å². The zero-order chi connectivity index (χ0) is 16.9. The van der Waals surface area contributed by atoms with Crippen molar-refractivity contribution in [3.63, 3.8) is 0 Å². The number of carbonyl (C=O) groups is 1. The van der Waals surface area contributed by atoms with E-state index in [0.29, 0.717) is 12.0 Å². The fourth-order valence-electron chi connectivity index (χ4n) is 3.21. The van der Waals surface area contributed by atoms with E-state index in [1.807, 2.05) is 24.1 Å². The lowest BCUT2D eigenvalue weighted by Gasteiger charge is -2.37. The number of hydrogen-bond donors (Lipinski definition) is 0. The maximum atomic E-state index is 12.2. The Bertz CT molecular complexity index is 534. The second-order valence-corrected chi connectivity index (χ2v) is 6.88. The lowest BCUT2D eigenvalue weighted by molar-refractivity contribution is -0.137. The number of amides is 1. The molecule has 1 saturated heterocycles. The van der Waals surface area contributed by atoms with Crippen molar-refractivity contribution in [2.24, 2.45) is 5.92 Å². The van der Waals surface area contributed by atoms with Gasteiger partial charge in [0.15, 0.2) is 0 Å². The van der Waals surface area contributed by atoms with Crippen molar-refractivity contribution in [1.29, 1.82) is 0 Å². The highest BCUT2D eigenvalue weighted by atomic mass is 16.5. The van der Waals surface area contributed by atoms with Crippen LogP contribution in [0.15, 0.2) is 24.3 Å². The Kier molecular flexibility index (Phi) is 5.61. The first-order valence-corrected chi connectivity index (χ1v) is 8.90. The Labute approximate surface area is 144 Å². The van der Waals surface area contributed by atoms with Gasteiger partial charge in [-0.3, -0.25) is 4.79 Å². The maximum Gasteiger partial charge on any atom is 0.248 e. The predicted molar refractivity (Wildman–Crippen MR) is 94.5 cm³/mol. The summed E-state index contributed by atoms with van der Waals surface area (Å²) in [5.41, 5.74) is 1.22. The molecule has 0 spiro atoms. The van der Waals surface area contributed by atoms with Crippen LogP contribution in [0.1, 0.15) is 25.7 Å². The van der Waals surface area contributed by atoms with Gasteiger partial charge in [-0.15, -0.1) is 0 Å². The summed E-state index contributed by atoms with van der Waals surface area (Å²) >= 11 is 0. The van der Waals surface area contributed by atoms with Gasteiger partial charge >= 0.3 is 0 Å². The van der Waals surface area contributed by atoms with Crippen molar-refractivity contribution in [2.75, 3.05) is 45.4 Å². The topological polar surface area (TPSA) is 42.0 Å². The molecular weight excluding hydrogens is 304 g/mol. The van der Waals surface area contributed by atoms with E-state index >= 15 is 0 Å². The number of nitrogens with zero attached hydrogens (tertiary/aromatic N) is 2. The van der Waals surface area contributed by atoms with E-state index < -0.39 is 0 Å². The molecule has 1 saturated carbocycles. The Balaban J connectivity index is 1.43. The summed E-state index contributed by atoms with van der Waals surface area (Å²) in [5, 5.41) is 0. The first kappa shape index (κ1) is 17.1. The molecule has 1 amide bonds. The third kappa shape index (κ3) is 4.41. The van der Waals surface area contributed by atoms with Gasteiger partial charge in [-0.05, 0) is 55.9 Å². The number of carbonyl (C=O) groups excluding carboxylic acids is 1. The fraction of sp³-hybridized carbons (Fsp3) is 0.632. The highest BCUT2D eigenvalue weighted by Gasteiger charge is 2.26. The molecule has 1 aromatic rings. The lowest BCUT2D eigenvalue weighted by Crippen LogP contribution is -2.46. The van der Waals surface area contributed by atoms with Crippen molar-refractivity contribution >= 4 is 11.6 Å². The van der Waals surface area contributed by atoms with Crippen LogP contribution < -0.4 is 9.64 Å². The normalized spacial score (nSPS) is 18.5. The van der Waals surface area contributed by atoms with Crippen molar-refractivity contribution in [3.8, 4) is 5.75 Å². The van der Waals surface area contributed by atoms with E-state index in [2.05, 4.69) is 17.0 Å². The van der Waals surface area contributed by atoms with E-state index in [0.717, 1.165) is 38.3 Å². The summed E-state index contributed by atoms with van der Waals surface area (Å²) in [6.07, 6.45) is 4.51. The molecule has 0 aromatic heterocycles. The van der Waals surface area contributed by atoms with E-state index in [1.54, 1.807) is 7.11 Å². The smallest absolute Gasteiger partial charge is 0.248 e. The molecule has 0 atom stereocenters. The Morgan fingerprint density at radius 1 is 1.17 bits per heavy atom. The minimum Gasteiger partial charge on any atom is -0.497 e. The van der Waals surface area contributed by atoms with Gasteiger partial charge < -0.3 is 19.3 Å². The number of hydrogen-bond acceptors (Lipinski definition) is 4. The first-order chi connectivity index (χ1) is 11.7. The van der Waals surface area contributed by atoms with Crippen LogP contribution in [0.25, 0.3) is 0 Å². The van der Waals surface area contributed by atoms with Crippen LogP contribution in [0, 0.1) is 5.92 Å². The van der Waals surface area contributed by atoms with Crippen LogP contribution in [-0.4, -0.2) is 57.3 Å². The standard InChI is InChI=1S/C19H28N2O3/c1-20(19(22)14-24-13-15-3-4-15)16-9-11-21(12-10-16)17-5-7-18(23-2)8-6-17/h5-8,15-16H,3-4,9-14H2,1-2H3. The van der Waals surface area contributed by atoms with Gasteiger partial charge in [0.25, 0.3) is 0 Å². The number of methoxy groups -OCH3 is 1. The van der Waals surface area contributed by atoms with Gasteiger partial charge in [0.05, 0.1) is 13.7 Å². The second kappa shape index (κ2) is 7.88. The monoisotopic (exact) mass is 332 g/mol. The van der Waals surface area contributed by atoms with Crippen LogP contribution in [0.3, 0.4) is 0 Å². The summed E-state index contributed by atoms with van der Waals surface area (Å²) in [4.78, 5) is 16.5. The molecule has 3 rings (SSSR count). The molecule has 0 bridgehead atoms. The SMILES string of the molecule is COc1ccc(N2CCC(N(C)C(=O)COCC3CC3)CC2)cc1. The van der Waals surface area contributed by atoms with Gasteiger partial charge in [-0.1, -0.05) is 0 Å². The molecule has 132 valence electrons. The molecule has 1 aliphatic heterocycles. The van der Waals surface area contributed by atoms with Crippen LogP contribution >= 0.6 is 0 Å². The average Bonchev–Trinajstić information content (AvgIpc) is 3.45. The molecule has 0 unspecified atom stereocenters. The molecule has 1 heterocycles. The average molecular weight is 332 g/mol. The van der Waals surface area contributed by atoms with Gasteiger partial charge in [0, 0.05) is 31.9 Å². The zero-order valence-electron chi connectivity index (χ0n) is 14.7. The number of likely N-dealkylation sites (N-methyl/N-ethyl adjacent to an activating group) is 1. The van der Waals surface area contributed by atoms with Crippen LogP contribution in [0.2, 0.25) is 0 Å². The van der Waals surface area contributed by atoms with Crippen LogP contribution in [0.4, 0.5) is 5.69 Å². The van der Waals surface area contributed by atoms with Gasteiger partial charge in [-0.25, -0.2) is 0 Å². The maximum absolute atomic E-state index is 12.2. The fourth-order valence-corrected chi connectivity index (χ4v) is 3.21. The number of benzene rings is 1. The van der Waals surface area contributed by atoms with E-state index in [-0.39, 0.29) is 12.5 Å². The predicted octanol–water partition coefficient (Wildman–Crippen LogP) is 2.55. The Hall–Kier alpha value is -1.75. The Morgan fingerprint density at radius 3 is 2.42 bits per heavy atom. The minimum absolute atomic E-state index is 0.110.